The molecule has 0 unspecified atom stereocenters. The minimum absolute atomic E-state index is 0.00641. The first kappa shape index (κ1) is 21.6. The highest BCUT2D eigenvalue weighted by Crippen LogP contribution is 2.29. The maximum absolute atomic E-state index is 12.9. The average molecular weight is 421 g/mol. The van der Waals surface area contributed by atoms with E-state index in [0.29, 0.717) is 24.1 Å². The molecule has 0 radical (unpaired) electrons. The Kier molecular flexibility index (Phi) is 6.48. The van der Waals surface area contributed by atoms with Crippen LogP contribution in [-0.2, 0) is 30.0 Å². The normalized spacial score (nSPS) is 19.7. The summed E-state index contributed by atoms with van der Waals surface area (Å²) in [5.41, 5.74) is 0.484. The van der Waals surface area contributed by atoms with E-state index < -0.39 is 5.69 Å². The lowest BCUT2D eigenvalue weighted by molar-refractivity contribution is -0.140. The fourth-order valence-electron chi connectivity index (χ4n) is 3.76. The fourth-order valence-corrected chi connectivity index (χ4v) is 4.87. The van der Waals surface area contributed by atoms with Gasteiger partial charge in [-0.15, -0.1) is 11.8 Å². The van der Waals surface area contributed by atoms with Crippen molar-refractivity contribution in [1.29, 1.82) is 0 Å². The first-order valence-electron chi connectivity index (χ1n) is 9.88. The summed E-state index contributed by atoms with van der Waals surface area (Å²) < 4.78 is 8.18. The molecule has 0 N–H and O–H groups in total. The number of morpholine rings is 1. The van der Waals surface area contributed by atoms with Crippen molar-refractivity contribution in [3.05, 3.63) is 32.6 Å². The van der Waals surface area contributed by atoms with E-state index in [4.69, 9.17) is 4.74 Å². The van der Waals surface area contributed by atoms with Crippen molar-refractivity contribution in [3.8, 4) is 0 Å². The molecule has 1 saturated heterocycles. The van der Waals surface area contributed by atoms with Crippen LogP contribution in [0.3, 0.4) is 0 Å². The Balaban J connectivity index is 1.99. The number of ether oxygens (including phenoxy) is 1. The van der Waals surface area contributed by atoms with Gasteiger partial charge in [0.2, 0.25) is 5.91 Å². The second-order valence-corrected chi connectivity index (χ2v) is 8.60. The Morgan fingerprint density at radius 1 is 1.21 bits per heavy atom. The molecule has 0 saturated carbocycles. The monoisotopic (exact) mass is 420 g/mol. The zero-order chi connectivity index (χ0) is 21.3. The van der Waals surface area contributed by atoms with Gasteiger partial charge in [0.15, 0.2) is 0 Å². The second kappa shape index (κ2) is 8.71. The summed E-state index contributed by atoms with van der Waals surface area (Å²) in [6, 6.07) is 0. The number of thioether (sulfide) groups is 1. The van der Waals surface area contributed by atoms with E-state index in [-0.39, 0.29) is 29.4 Å². The molecular weight excluding hydrogens is 392 g/mol. The summed E-state index contributed by atoms with van der Waals surface area (Å²) in [7, 11) is 3.07. The van der Waals surface area contributed by atoms with Gasteiger partial charge in [-0.25, -0.2) is 9.78 Å². The first-order chi connectivity index (χ1) is 13.7. The summed E-state index contributed by atoms with van der Waals surface area (Å²) in [5.74, 6) is 0.243. The number of aryl methyl sites for hydroxylation is 2. The van der Waals surface area contributed by atoms with Crippen LogP contribution in [0.2, 0.25) is 0 Å². The third-order valence-electron chi connectivity index (χ3n) is 5.13. The number of fused-ring (bicyclic) bond motifs is 1. The number of amides is 1. The van der Waals surface area contributed by atoms with Gasteiger partial charge >= 0.3 is 5.69 Å². The van der Waals surface area contributed by atoms with Gasteiger partial charge in [0.25, 0.3) is 5.56 Å². The van der Waals surface area contributed by atoms with Gasteiger partial charge in [-0.1, -0.05) is 13.3 Å². The van der Waals surface area contributed by atoms with Crippen LogP contribution in [0, 0.1) is 0 Å². The minimum atomic E-state index is -0.415. The summed E-state index contributed by atoms with van der Waals surface area (Å²) in [4.78, 5) is 44.9. The predicted molar refractivity (Wildman–Crippen MR) is 114 cm³/mol. The van der Waals surface area contributed by atoms with Crippen LogP contribution in [0.15, 0.2) is 20.7 Å². The maximum Gasteiger partial charge on any atom is 0.332 e. The Labute approximate surface area is 173 Å². The van der Waals surface area contributed by atoms with Crippen LogP contribution in [0.25, 0.3) is 11.0 Å². The molecule has 29 heavy (non-hydrogen) atoms. The largest absolute Gasteiger partial charge is 0.372 e. The summed E-state index contributed by atoms with van der Waals surface area (Å²) in [6.45, 7) is 7.11. The lowest BCUT2D eigenvalue weighted by Gasteiger charge is -2.35. The van der Waals surface area contributed by atoms with Gasteiger partial charge in [0, 0.05) is 38.3 Å². The number of aromatic nitrogens is 3. The average Bonchev–Trinajstić information content (AvgIpc) is 2.68. The van der Waals surface area contributed by atoms with Crippen molar-refractivity contribution >= 4 is 28.7 Å². The molecular formula is C20H28N4O4S. The number of hydrogen-bond donors (Lipinski definition) is 0. The number of rotatable bonds is 5. The van der Waals surface area contributed by atoms with Crippen molar-refractivity contribution in [2.24, 2.45) is 14.1 Å². The maximum atomic E-state index is 12.9. The summed E-state index contributed by atoms with van der Waals surface area (Å²) in [6.07, 6.45) is 3.37. The fraction of sp³-hybridized carbons (Fsp3) is 0.600. The molecule has 0 bridgehead atoms. The van der Waals surface area contributed by atoms with Gasteiger partial charge in [-0.05, 0) is 25.8 Å². The molecule has 0 spiro atoms. The molecule has 2 aromatic rings. The van der Waals surface area contributed by atoms with E-state index in [9.17, 15) is 14.4 Å². The molecule has 158 valence electrons. The van der Waals surface area contributed by atoms with Gasteiger partial charge in [-0.3, -0.25) is 18.7 Å². The van der Waals surface area contributed by atoms with Crippen molar-refractivity contribution in [2.75, 3.05) is 18.8 Å². The lowest BCUT2D eigenvalue weighted by Crippen LogP contribution is -2.48. The molecule has 1 fully saturated rings. The van der Waals surface area contributed by atoms with Gasteiger partial charge < -0.3 is 9.64 Å². The van der Waals surface area contributed by atoms with E-state index >= 15 is 0 Å². The first-order valence-corrected chi connectivity index (χ1v) is 10.9. The van der Waals surface area contributed by atoms with Crippen LogP contribution in [0.4, 0.5) is 0 Å². The third kappa shape index (κ3) is 4.25. The van der Waals surface area contributed by atoms with Crippen LogP contribution in [-0.4, -0.2) is 56.0 Å². The standard InChI is InChI=1S/C20H28N4O4S/c1-6-7-14-8-21-18-16(19(26)23(5)20(27)22(18)4)17(14)29-11-15(25)24-9-12(2)28-13(3)10-24/h8,12-13H,6-7,9-11H2,1-5H3/t12-,13-/m1/s1. The van der Waals surface area contributed by atoms with Crippen LogP contribution < -0.4 is 11.2 Å². The lowest BCUT2D eigenvalue weighted by atomic mass is 10.1. The quantitative estimate of drug-likeness (QED) is 0.678. The smallest absolute Gasteiger partial charge is 0.332 e. The Morgan fingerprint density at radius 2 is 1.86 bits per heavy atom. The Morgan fingerprint density at radius 3 is 2.48 bits per heavy atom. The molecule has 2 aromatic heterocycles. The molecule has 8 nitrogen and oxygen atoms in total. The van der Waals surface area contributed by atoms with E-state index in [2.05, 4.69) is 11.9 Å². The Bertz CT molecular complexity index is 1040. The highest BCUT2D eigenvalue weighted by Gasteiger charge is 2.26. The van der Waals surface area contributed by atoms with Crippen LogP contribution in [0.5, 0.6) is 0 Å². The third-order valence-corrected chi connectivity index (χ3v) is 6.27. The molecule has 1 amide bonds. The van der Waals surface area contributed by atoms with E-state index in [1.807, 2.05) is 18.7 Å². The Hall–Kier alpha value is -2.13. The summed E-state index contributed by atoms with van der Waals surface area (Å²) in [5, 5.41) is 0.405. The molecule has 9 heteroatoms. The van der Waals surface area contributed by atoms with E-state index in [0.717, 1.165) is 27.9 Å². The number of nitrogens with zero attached hydrogens (tertiary/aromatic N) is 4. The number of hydrogen-bond acceptors (Lipinski definition) is 6. The van der Waals surface area contributed by atoms with Crippen molar-refractivity contribution in [1.82, 2.24) is 19.0 Å². The second-order valence-electron chi connectivity index (χ2n) is 7.61. The SMILES string of the molecule is CCCc1cnc2c(c1SCC(=O)N1C[C@@H](C)O[C@H](C)C1)c(=O)n(C)c(=O)n2C. The highest BCUT2D eigenvalue weighted by atomic mass is 32.2. The summed E-state index contributed by atoms with van der Waals surface area (Å²) >= 11 is 1.36. The zero-order valence-electron chi connectivity index (χ0n) is 17.6. The zero-order valence-corrected chi connectivity index (χ0v) is 18.4. The van der Waals surface area contributed by atoms with E-state index in [1.54, 1.807) is 13.2 Å². The van der Waals surface area contributed by atoms with E-state index in [1.165, 1.54) is 23.4 Å². The number of carbonyl (C=O) groups is 1. The molecule has 0 aromatic carbocycles. The molecule has 1 aliphatic rings. The molecule has 3 rings (SSSR count). The van der Waals surface area contributed by atoms with Gasteiger partial charge in [-0.2, -0.15) is 0 Å². The number of pyridine rings is 1. The van der Waals surface area contributed by atoms with Gasteiger partial charge in [0.05, 0.1) is 23.3 Å². The van der Waals surface area contributed by atoms with Crippen molar-refractivity contribution in [3.63, 3.8) is 0 Å². The molecule has 2 atom stereocenters. The number of carbonyl (C=O) groups excluding carboxylic acids is 1. The molecule has 0 aliphatic carbocycles. The highest BCUT2D eigenvalue weighted by molar-refractivity contribution is 8.00. The minimum Gasteiger partial charge on any atom is -0.372 e. The predicted octanol–water partition coefficient (Wildman–Crippen LogP) is 1.31. The topological polar surface area (TPSA) is 86.4 Å². The van der Waals surface area contributed by atoms with Crippen LogP contribution in [0.1, 0.15) is 32.8 Å². The van der Waals surface area contributed by atoms with Gasteiger partial charge in [0.1, 0.15) is 5.65 Å². The van der Waals surface area contributed by atoms with Crippen molar-refractivity contribution in [2.45, 2.75) is 50.7 Å². The molecule has 3 heterocycles. The molecule has 1 aliphatic heterocycles. The van der Waals surface area contributed by atoms with Crippen LogP contribution >= 0.6 is 11.8 Å². The van der Waals surface area contributed by atoms with Crippen molar-refractivity contribution < 1.29 is 9.53 Å².